The summed E-state index contributed by atoms with van der Waals surface area (Å²) in [5.74, 6) is 0. The van der Waals surface area contributed by atoms with Gasteiger partial charge in [-0.3, -0.25) is 4.98 Å². The van der Waals surface area contributed by atoms with E-state index in [2.05, 4.69) is 41.7 Å². The molecule has 0 fully saturated rings. The monoisotopic (exact) mass is 341 g/mol. The summed E-state index contributed by atoms with van der Waals surface area (Å²) in [5.41, 5.74) is 15.0. The van der Waals surface area contributed by atoms with Crippen molar-refractivity contribution in [1.82, 2.24) is 19.5 Å². The van der Waals surface area contributed by atoms with Crippen molar-refractivity contribution in [1.29, 1.82) is 0 Å². The summed E-state index contributed by atoms with van der Waals surface area (Å²) in [6.07, 6.45) is 7.70. The lowest BCUT2D eigenvalue weighted by atomic mass is 9.93. The largest absolute Gasteiger partial charge is 0.309 e. The molecule has 126 valence electrons. The molecular formula is C19H15N7. The van der Waals surface area contributed by atoms with E-state index in [9.17, 15) is 0 Å². The highest BCUT2D eigenvalue weighted by Gasteiger charge is 2.26. The molecular weight excluding hydrogens is 326 g/mol. The van der Waals surface area contributed by atoms with Crippen LogP contribution in [-0.2, 0) is 12.8 Å². The molecule has 0 radical (unpaired) electrons. The number of aromatic nitrogens is 4. The zero-order valence-corrected chi connectivity index (χ0v) is 13.9. The average molecular weight is 341 g/mol. The molecule has 0 aliphatic heterocycles. The van der Waals surface area contributed by atoms with Crippen molar-refractivity contribution in [3.05, 3.63) is 70.8 Å². The zero-order chi connectivity index (χ0) is 17.5. The van der Waals surface area contributed by atoms with Crippen LogP contribution in [0.4, 0.5) is 0 Å². The lowest BCUT2D eigenvalue weighted by Gasteiger charge is -2.20. The summed E-state index contributed by atoms with van der Waals surface area (Å²) in [5, 5.41) is 5.03. The third-order valence-corrected chi connectivity index (χ3v) is 5.04. The number of fused-ring (bicyclic) bond motifs is 4. The summed E-state index contributed by atoms with van der Waals surface area (Å²) in [7, 11) is 0. The second-order valence-corrected chi connectivity index (χ2v) is 6.50. The number of hydrogen-bond donors (Lipinski definition) is 0. The molecule has 0 saturated heterocycles. The Morgan fingerprint density at radius 2 is 2.12 bits per heavy atom. The molecule has 0 amide bonds. The van der Waals surface area contributed by atoms with Crippen LogP contribution >= 0.6 is 0 Å². The highest BCUT2D eigenvalue weighted by Crippen LogP contribution is 2.34. The van der Waals surface area contributed by atoms with Crippen LogP contribution in [0.5, 0.6) is 0 Å². The van der Waals surface area contributed by atoms with Gasteiger partial charge in [-0.1, -0.05) is 23.3 Å². The smallest absolute Gasteiger partial charge is 0.116 e. The van der Waals surface area contributed by atoms with Gasteiger partial charge in [0.2, 0.25) is 0 Å². The molecule has 7 nitrogen and oxygen atoms in total. The molecule has 0 N–H and O–H groups in total. The van der Waals surface area contributed by atoms with Gasteiger partial charge in [-0.2, -0.15) is 0 Å². The van der Waals surface area contributed by atoms with Crippen molar-refractivity contribution in [2.24, 2.45) is 5.11 Å². The summed E-state index contributed by atoms with van der Waals surface area (Å²) in [4.78, 5) is 16.3. The van der Waals surface area contributed by atoms with Crippen LogP contribution in [0.1, 0.15) is 17.7 Å². The van der Waals surface area contributed by atoms with E-state index in [0.29, 0.717) is 6.42 Å². The number of rotatable bonds is 2. The topological polar surface area (TPSA) is 92.4 Å². The van der Waals surface area contributed by atoms with E-state index in [1.165, 1.54) is 5.69 Å². The zero-order valence-electron chi connectivity index (χ0n) is 13.9. The average Bonchev–Trinajstić information content (AvgIpc) is 3.02. The molecule has 1 unspecified atom stereocenters. The fourth-order valence-electron chi connectivity index (χ4n) is 3.90. The molecule has 1 aliphatic carbocycles. The van der Waals surface area contributed by atoms with E-state index in [4.69, 9.17) is 5.53 Å². The molecule has 1 aliphatic rings. The van der Waals surface area contributed by atoms with Gasteiger partial charge in [0.05, 0.1) is 34.6 Å². The van der Waals surface area contributed by atoms with E-state index >= 15 is 0 Å². The van der Waals surface area contributed by atoms with Gasteiger partial charge in [0.15, 0.2) is 0 Å². The first-order chi connectivity index (χ1) is 12.8. The van der Waals surface area contributed by atoms with Crippen molar-refractivity contribution in [3.63, 3.8) is 0 Å². The predicted molar refractivity (Wildman–Crippen MR) is 99.1 cm³/mol. The maximum absolute atomic E-state index is 8.78. The summed E-state index contributed by atoms with van der Waals surface area (Å²) >= 11 is 0. The summed E-state index contributed by atoms with van der Waals surface area (Å²) in [6.45, 7) is 0. The Labute approximate surface area is 149 Å². The molecule has 0 bridgehead atoms. The van der Waals surface area contributed by atoms with Crippen molar-refractivity contribution < 1.29 is 0 Å². The van der Waals surface area contributed by atoms with Gasteiger partial charge in [0, 0.05) is 27.6 Å². The first-order valence-corrected chi connectivity index (χ1v) is 8.56. The second-order valence-electron chi connectivity index (χ2n) is 6.50. The minimum absolute atomic E-state index is 0.0174. The Bertz CT molecular complexity index is 1190. The van der Waals surface area contributed by atoms with Gasteiger partial charge in [-0.25, -0.2) is 9.97 Å². The number of hydrogen-bond acceptors (Lipinski definition) is 4. The van der Waals surface area contributed by atoms with Gasteiger partial charge < -0.3 is 4.57 Å². The van der Waals surface area contributed by atoms with Crippen LogP contribution in [0, 0.1) is 0 Å². The third kappa shape index (κ3) is 2.22. The number of pyridine rings is 1. The lowest BCUT2D eigenvalue weighted by Crippen LogP contribution is -2.18. The van der Waals surface area contributed by atoms with Gasteiger partial charge in [0.1, 0.15) is 6.33 Å². The molecule has 0 spiro atoms. The predicted octanol–water partition coefficient (Wildman–Crippen LogP) is 4.14. The van der Waals surface area contributed by atoms with Gasteiger partial charge in [-0.15, -0.1) is 0 Å². The van der Waals surface area contributed by atoms with E-state index in [1.54, 1.807) is 6.33 Å². The standard InChI is InChI=1S/C19H15N7/c20-25-24-13-5-6-17-15(8-13)19-18(10-21-11-23-19)26(17)14-7-12-3-1-2-4-16(12)22-9-14/h1-4,7,9-11,13H,5-6,8H2. The van der Waals surface area contributed by atoms with Crippen molar-refractivity contribution in [2.75, 3.05) is 0 Å². The SMILES string of the molecule is [N-]=[N+]=NC1CCc2c(c3ncncc3n2-c2cnc3ccccc3c2)C1. The number of benzene rings is 1. The molecule has 3 aromatic heterocycles. The highest BCUT2D eigenvalue weighted by molar-refractivity contribution is 5.85. The van der Waals surface area contributed by atoms with Crippen LogP contribution in [0.2, 0.25) is 0 Å². The molecule has 4 aromatic rings. The molecule has 26 heavy (non-hydrogen) atoms. The summed E-state index contributed by atoms with van der Waals surface area (Å²) < 4.78 is 2.20. The minimum atomic E-state index is -0.0174. The number of para-hydroxylation sites is 1. The van der Waals surface area contributed by atoms with Crippen molar-refractivity contribution >= 4 is 21.9 Å². The van der Waals surface area contributed by atoms with Crippen LogP contribution in [0.25, 0.3) is 38.1 Å². The van der Waals surface area contributed by atoms with Crippen LogP contribution in [0.3, 0.4) is 0 Å². The molecule has 5 rings (SSSR count). The van der Waals surface area contributed by atoms with Gasteiger partial charge in [-0.05, 0) is 36.9 Å². The van der Waals surface area contributed by atoms with Crippen molar-refractivity contribution in [2.45, 2.75) is 25.3 Å². The first kappa shape index (κ1) is 14.9. The van der Waals surface area contributed by atoms with Crippen LogP contribution in [0.15, 0.2) is 54.2 Å². The van der Waals surface area contributed by atoms with Gasteiger partial charge >= 0.3 is 0 Å². The molecule has 1 atom stereocenters. The Morgan fingerprint density at radius 3 is 3.04 bits per heavy atom. The third-order valence-electron chi connectivity index (χ3n) is 5.04. The summed E-state index contributed by atoms with van der Waals surface area (Å²) in [6, 6.07) is 10.2. The number of azide groups is 1. The van der Waals surface area contributed by atoms with Crippen molar-refractivity contribution in [3.8, 4) is 5.69 Å². The second kappa shape index (κ2) is 5.82. The normalized spacial score (nSPS) is 16.4. The van der Waals surface area contributed by atoms with E-state index in [1.807, 2.05) is 30.6 Å². The Kier molecular flexibility index (Phi) is 3.33. The van der Waals surface area contributed by atoms with Crippen LogP contribution < -0.4 is 0 Å². The van der Waals surface area contributed by atoms with Crippen LogP contribution in [-0.4, -0.2) is 25.6 Å². The molecule has 3 heterocycles. The van der Waals surface area contributed by atoms with Gasteiger partial charge in [0.25, 0.3) is 0 Å². The molecule has 1 aromatic carbocycles. The first-order valence-electron chi connectivity index (χ1n) is 8.56. The fourth-order valence-corrected chi connectivity index (χ4v) is 3.90. The van der Waals surface area contributed by atoms with E-state index in [-0.39, 0.29) is 6.04 Å². The van der Waals surface area contributed by atoms with E-state index in [0.717, 1.165) is 46.0 Å². The Morgan fingerprint density at radius 1 is 1.19 bits per heavy atom. The quantitative estimate of drug-likeness (QED) is 0.311. The Hall–Kier alpha value is -3.44. The highest BCUT2D eigenvalue weighted by atomic mass is 15.1. The fraction of sp³-hybridized carbons (Fsp3) is 0.211. The van der Waals surface area contributed by atoms with E-state index < -0.39 is 0 Å². The Balaban J connectivity index is 1.76. The minimum Gasteiger partial charge on any atom is -0.309 e. The number of nitrogens with zero attached hydrogens (tertiary/aromatic N) is 7. The molecule has 0 saturated carbocycles. The lowest BCUT2D eigenvalue weighted by molar-refractivity contribution is 0.564. The molecule has 7 heteroatoms. The maximum atomic E-state index is 8.78. The maximum Gasteiger partial charge on any atom is 0.116 e.